The van der Waals surface area contributed by atoms with Gasteiger partial charge in [0, 0.05) is 19.0 Å². The smallest absolute Gasteiger partial charge is 0.225 e. The Kier molecular flexibility index (Phi) is 2.68. The van der Waals surface area contributed by atoms with E-state index in [1.54, 1.807) is 0 Å². The summed E-state index contributed by atoms with van der Waals surface area (Å²) >= 11 is 0. The van der Waals surface area contributed by atoms with Crippen molar-refractivity contribution in [2.24, 2.45) is 23.7 Å². The molecule has 0 aromatic heterocycles. The minimum atomic E-state index is 0.409. The van der Waals surface area contributed by atoms with Crippen LogP contribution in [0.1, 0.15) is 45.4 Å². The molecule has 16 heavy (non-hydrogen) atoms. The van der Waals surface area contributed by atoms with E-state index in [9.17, 15) is 4.79 Å². The molecule has 2 heteroatoms. The second-order valence-corrected chi connectivity index (χ2v) is 6.29. The van der Waals surface area contributed by atoms with E-state index in [0.717, 1.165) is 30.8 Å². The molecule has 2 nitrogen and oxygen atoms in total. The van der Waals surface area contributed by atoms with Gasteiger partial charge in [0.25, 0.3) is 0 Å². The van der Waals surface area contributed by atoms with E-state index in [0.29, 0.717) is 11.8 Å². The number of amides is 1. The van der Waals surface area contributed by atoms with Crippen LogP contribution in [0.5, 0.6) is 0 Å². The summed E-state index contributed by atoms with van der Waals surface area (Å²) in [6, 6.07) is 0. The molecule has 1 saturated heterocycles. The first-order chi connectivity index (χ1) is 7.74. The Bertz CT molecular complexity index is 280. The number of hydrogen-bond acceptors (Lipinski definition) is 1. The zero-order chi connectivity index (χ0) is 11.1. The highest BCUT2D eigenvalue weighted by molar-refractivity contribution is 5.79. The van der Waals surface area contributed by atoms with Crippen molar-refractivity contribution in [3.8, 4) is 0 Å². The monoisotopic (exact) mass is 221 g/mol. The van der Waals surface area contributed by atoms with Gasteiger partial charge in [-0.05, 0) is 49.9 Å². The van der Waals surface area contributed by atoms with Gasteiger partial charge in [-0.2, -0.15) is 0 Å². The molecule has 2 saturated carbocycles. The molecule has 2 bridgehead atoms. The van der Waals surface area contributed by atoms with Gasteiger partial charge in [-0.25, -0.2) is 0 Å². The largest absolute Gasteiger partial charge is 0.342 e. The van der Waals surface area contributed by atoms with Crippen LogP contribution < -0.4 is 0 Å². The van der Waals surface area contributed by atoms with Crippen LogP contribution in [-0.4, -0.2) is 23.9 Å². The summed E-state index contributed by atoms with van der Waals surface area (Å²) in [7, 11) is 0. The van der Waals surface area contributed by atoms with Gasteiger partial charge in [0.1, 0.15) is 0 Å². The van der Waals surface area contributed by atoms with Crippen molar-refractivity contribution in [1.82, 2.24) is 4.90 Å². The number of piperidine rings is 1. The zero-order valence-electron chi connectivity index (χ0n) is 10.3. The lowest BCUT2D eigenvalue weighted by atomic mass is 9.87. The Morgan fingerprint density at radius 2 is 1.81 bits per heavy atom. The van der Waals surface area contributed by atoms with Crippen molar-refractivity contribution in [2.75, 3.05) is 13.1 Å². The minimum Gasteiger partial charge on any atom is -0.342 e. The molecule has 0 N–H and O–H groups in total. The van der Waals surface area contributed by atoms with Crippen molar-refractivity contribution in [3.05, 3.63) is 0 Å². The number of carbonyl (C=O) groups is 1. The maximum Gasteiger partial charge on any atom is 0.225 e. The summed E-state index contributed by atoms with van der Waals surface area (Å²) in [4.78, 5) is 14.6. The maximum atomic E-state index is 12.4. The van der Waals surface area contributed by atoms with E-state index in [4.69, 9.17) is 0 Å². The van der Waals surface area contributed by atoms with Gasteiger partial charge < -0.3 is 4.90 Å². The fourth-order valence-electron chi connectivity index (χ4n) is 4.01. The van der Waals surface area contributed by atoms with E-state index in [2.05, 4.69) is 11.8 Å². The van der Waals surface area contributed by atoms with Crippen LogP contribution in [0.3, 0.4) is 0 Å². The molecule has 3 aliphatic rings. The van der Waals surface area contributed by atoms with Gasteiger partial charge in [0.2, 0.25) is 5.91 Å². The number of hydrogen-bond donors (Lipinski definition) is 0. The number of nitrogens with zero attached hydrogens (tertiary/aromatic N) is 1. The van der Waals surface area contributed by atoms with Crippen LogP contribution >= 0.6 is 0 Å². The summed E-state index contributed by atoms with van der Waals surface area (Å²) in [6.45, 7) is 4.35. The van der Waals surface area contributed by atoms with Gasteiger partial charge in [-0.1, -0.05) is 13.3 Å². The predicted molar refractivity (Wildman–Crippen MR) is 63.9 cm³/mol. The topological polar surface area (TPSA) is 20.3 Å². The molecule has 0 aromatic rings. The Labute approximate surface area is 98.4 Å². The molecule has 90 valence electrons. The fraction of sp³-hybridized carbons (Fsp3) is 0.929. The first-order valence-electron chi connectivity index (χ1n) is 7.03. The Hall–Kier alpha value is -0.530. The summed E-state index contributed by atoms with van der Waals surface area (Å²) in [6.07, 6.45) is 7.70. The van der Waals surface area contributed by atoms with Gasteiger partial charge in [-0.3, -0.25) is 4.79 Å². The third kappa shape index (κ3) is 1.76. The van der Waals surface area contributed by atoms with Crippen molar-refractivity contribution in [1.29, 1.82) is 0 Å². The average molecular weight is 221 g/mol. The molecular formula is C14H23NO. The van der Waals surface area contributed by atoms with E-state index >= 15 is 0 Å². The third-order valence-corrected chi connectivity index (χ3v) is 5.15. The van der Waals surface area contributed by atoms with E-state index in [1.807, 2.05) is 0 Å². The highest BCUT2D eigenvalue weighted by atomic mass is 16.2. The van der Waals surface area contributed by atoms with Crippen LogP contribution in [0.4, 0.5) is 0 Å². The molecule has 0 spiro atoms. The second-order valence-electron chi connectivity index (χ2n) is 6.29. The highest BCUT2D eigenvalue weighted by Crippen LogP contribution is 2.49. The van der Waals surface area contributed by atoms with Crippen LogP contribution in [0, 0.1) is 23.7 Å². The molecule has 2 aliphatic carbocycles. The molecule has 1 aliphatic heterocycles. The summed E-state index contributed by atoms with van der Waals surface area (Å²) < 4.78 is 0. The van der Waals surface area contributed by atoms with Crippen molar-refractivity contribution < 1.29 is 4.79 Å². The number of fused-ring (bicyclic) bond motifs is 2. The summed E-state index contributed by atoms with van der Waals surface area (Å²) in [5.74, 6) is 3.37. The lowest BCUT2D eigenvalue weighted by molar-refractivity contribution is -0.138. The van der Waals surface area contributed by atoms with Gasteiger partial charge in [0.15, 0.2) is 0 Å². The van der Waals surface area contributed by atoms with Gasteiger partial charge in [-0.15, -0.1) is 0 Å². The highest BCUT2D eigenvalue weighted by Gasteiger charge is 2.44. The van der Waals surface area contributed by atoms with Crippen molar-refractivity contribution in [3.63, 3.8) is 0 Å². The average Bonchev–Trinajstić information content (AvgIpc) is 2.91. The van der Waals surface area contributed by atoms with Crippen LogP contribution in [0.15, 0.2) is 0 Å². The Morgan fingerprint density at radius 3 is 2.38 bits per heavy atom. The van der Waals surface area contributed by atoms with E-state index in [-0.39, 0.29) is 0 Å². The fourth-order valence-corrected chi connectivity index (χ4v) is 4.01. The molecule has 1 amide bonds. The molecular weight excluding hydrogens is 198 g/mol. The quantitative estimate of drug-likeness (QED) is 0.666. The molecule has 0 radical (unpaired) electrons. The minimum absolute atomic E-state index is 0.409. The van der Waals surface area contributed by atoms with Crippen LogP contribution in [0.2, 0.25) is 0 Å². The first-order valence-corrected chi connectivity index (χ1v) is 7.03. The molecule has 0 aromatic carbocycles. The Balaban J connectivity index is 1.61. The van der Waals surface area contributed by atoms with Crippen molar-refractivity contribution >= 4 is 5.91 Å². The van der Waals surface area contributed by atoms with Gasteiger partial charge >= 0.3 is 0 Å². The molecule has 1 heterocycles. The van der Waals surface area contributed by atoms with Crippen molar-refractivity contribution in [2.45, 2.75) is 45.4 Å². The summed E-state index contributed by atoms with van der Waals surface area (Å²) in [5, 5.41) is 0. The maximum absolute atomic E-state index is 12.4. The molecule has 3 atom stereocenters. The summed E-state index contributed by atoms with van der Waals surface area (Å²) in [5.41, 5.74) is 0. The molecule has 3 rings (SSSR count). The standard InChI is InChI=1S/C14H23NO/c1-10-4-6-15(7-5-10)14(16)13-9-11-2-3-12(13)8-11/h10-13H,2-9H2,1H3. The number of rotatable bonds is 1. The zero-order valence-corrected chi connectivity index (χ0v) is 10.3. The Morgan fingerprint density at radius 1 is 1.06 bits per heavy atom. The first kappa shape index (κ1) is 10.6. The number of likely N-dealkylation sites (tertiary alicyclic amines) is 1. The van der Waals surface area contributed by atoms with Crippen LogP contribution in [-0.2, 0) is 4.79 Å². The van der Waals surface area contributed by atoms with Gasteiger partial charge in [0.05, 0.1) is 0 Å². The number of carbonyl (C=O) groups excluding carboxylic acids is 1. The second kappa shape index (κ2) is 4.05. The molecule has 3 unspecified atom stereocenters. The normalized spacial score (nSPS) is 39.3. The lowest BCUT2D eigenvalue weighted by Crippen LogP contribution is -2.42. The van der Waals surface area contributed by atoms with E-state index in [1.165, 1.54) is 38.5 Å². The predicted octanol–water partition coefficient (Wildman–Crippen LogP) is 2.68. The van der Waals surface area contributed by atoms with E-state index < -0.39 is 0 Å². The van der Waals surface area contributed by atoms with Crippen LogP contribution in [0.25, 0.3) is 0 Å². The molecule has 3 fully saturated rings. The third-order valence-electron chi connectivity index (χ3n) is 5.15. The lowest BCUT2D eigenvalue weighted by Gasteiger charge is -2.34. The SMILES string of the molecule is CC1CCN(C(=O)C2CC3CCC2C3)CC1.